The van der Waals surface area contributed by atoms with Gasteiger partial charge in [0.15, 0.2) is 0 Å². The molecule has 1 aromatic heterocycles. The third-order valence-corrected chi connectivity index (χ3v) is 4.36. The molecule has 0 bridgehead atoms. The summed E-state index contributed by atoms with van der Waals surface area (Å²) >= 11 is 0. The summed E-state index contributed by atoms with van der Waals surface area (Å²) in [7, 11) is 1.80. The van der Waals surface area contributed by atoms with Crippen molar-refractivity contribution in [1.82, 2.24) is 9.78 Å². The first-order chi connectivity index (χ1) is 12.2. The highest BCUT2D eigenvalue weighted by atomic mass is 19.4. The Hall–Kier alpha value is -2.78. The molecule has 1 aromatic carbocycles. The van der Waals surface area contributed by atoms with E-state index in [-0.39, 0.29) is 11.7 Å². The molecule has 1 aliphatic heterocycles. The van der Waals surface area contributed by atoms with Crippen LogP contribution < -0.4 is 10.2 Å². The van der Waals surface area contributed by atoms with Crippen LogP contribution in [0.2, 0.25) is 0 Å². The molecule has 0 saturated carbocycles. The van der Waals surface area contributed by atoms with Crippen LogP contribution >= 0.6 is 0 Å². The highest BCUT2D eigenvalue weighted by Gasteiger charge is 2.36. The number of rotatable bonds is 4. The summed E-state index contributed by atoms with van der Waals surface area (Å²) in [5.41, 5.74) is -0.825. The highest BCUT2D eigenvalue weighted by Crippen LogP contribution is 2.37. The molecular formula is C16H18F3N5O2. The predicted molar refractivity (Wildman–Crippen MR) is 90.2 cm³/mol. The third kappa shape index (κ3) is 3.89. The van der Waals surface area contributed by atoms with Crippen molar-refractivity contribution >= 4 is 17.1 Å². The summed E-state index contributed by atoms with van der Waals surface area (Å²) in [6.07, 6.45) is 0.433. The highest BCUT2D eigenvalue weighted by molar-refractivity contribution is 5.58. The molecule has 1 aliphatic rings. The fraction of sp³-hybridized carbons (Fsp3) is 0.438. The van der Waals surface area contributed by atoms with Gasteiger partial charge in [0, 0.05) is 50.2 Å². The van der Waals surface area contributed by atoms with Gasteiger partial charge in [0.25, 0.3) is 5.69 Å². The summed E-state index contributed by atoms with van der Waals surface area (Å²) in [5, 5.41) is 17.8. The SMILES string of the molecule is Cn1cc(N2CCCC(Nc3ccc([N+](=O)[O-])cc3C(F)(F)F)C2)cn1. The molecular weight excluding hydrogens is 351 g/mol. The van der Waals surface area contributed by atoms with Crippen LogP contribution in [0.1, 0.15) is 18.4 Å². The largest absolute Gasteiger partial charge is 0.418 e. The molecule has 3 rings (SSSR count). The van der Waals surface area contributed by atoms with Gasteiger partial charge >= 0.3 is 6.18 Å². The smallest absolute Gasteiger partial charge is 0.380 e. The van der Waals surface area contributed by atoms with Crippen molar-refractivity contribution in [3.8, 4) is 0 Å². The number of nitro groups is 1. The number of nitro benzene ring substituents is 1. The van der Waals surface area contributed by atoms with Crippen LogP contribution in [0.4, 0.5) is 30.2 Å². The number of piperidine rings is 1. The topological polar surface area (TPSA) is 76.2 Å². The van der Waals surface area contributed by atoms with Crippen LogP contribution in [0, 0.1) is 10.1 Å². The third-order valence-electron chi connectivity index (χ3n) is 4.36. The summed E-state index contributed by atoms with van der Waals surface area (Å²) in [4.78, 5) is 12.0. The number of benzene rings is 1. The minimum absolute atomic E-state index is 0.138. The van der Waals surface area contributed by atoms with E-state index in [2.05, 4.69) is 15.3 Å². The van der Waals surface area contributed by atoms with E-state index in [9.17, 15) is 23.3 Å². The van der Waals surface area contributed by atoms with Crippen molar-refractivity contribution in [1.29, 1.82) is 0 Å². The summed E-state index contributed by atoms with van der Waals surface area (Å²) in [6, 6.07) is 2.58. The fourth-order valence-corrected chi connectivity index (χ4v) is 3.13. The van der Waals surface area contributed by atoms with Gasteiger partial charge in [-0.3, -0.25) is 14.8 Å². The average Bonchev–Trinajstić information content (AvgIpc) is 3.01. The zero-order valence-electron chi connectivity index (χ0n) is 14.0. The van der Waals surface area contributed by atoms with Crippen LogP contribution in [0.5, 0.6) is 0 Å². The lowest BCUT2D eigenvalue weighted by Crippen LogP contribution is -2.42. The maximum absolute atomic E-state index is 13.3. The lowest BCUT2D eigenvalue weighted by atomic mass is 10.0. The number of aromatic nitrogens is 2. The standard InChI is InChI=1S/C16H18F3N5O2/c1-22-10-13(8-20-22)23-6-2-3-11(9-23)21-15-5-4-12(24(25)26)7-14(15)16(17,18)19/h4-5,7-8,10-11,21H,2-3,6,9H2,1H3. The lowest BCUT2D eigenvalue weighted by molar-refractivity contribution is -0.385. The Morgan fingerprint density at radius 2 is 2.15 bits per heavy atom. The van der Waals surface area contributed by atoms with Gasteiger partial charge in [-0.15, -0.1) is 0 Å². The molecule has 26 heavy (non-hydrogen) atoms. The van der Waals surface area contributed by atoms with Crippen molar-refractivity contribution in [3.63, 3.8) is 0 Å². The van der Waals surface area contributed by atoms with Crippen molar-refractivity contribution in [2.75, 3.05) is 23.3 Å². The second-order valence-electron chi connectivity index (χ2n) is 6.29. The molecule has 140 valence electrons. The molecule has 1 N–H and O–H groups in total. The van der Waals surface area contributed by atoms with E-state index in [0.717, 1.165) is 30.8 Å². The first-order valence-corrected chi connectivity index (χ1v) is 8.10. The molecule has 0 spiro atoms. The minimum Gasteiger partial charge on any atom is -0.380 e. The van der Waals surface area contributed by atoms with Gasteiger partial charge in [0.2, 0.25) is 0 Å². The van der Waals surface area contributed by atoms with Crippen molar-refractivity contribution in [2.24, 2.45) is 7.05 Å². The predicted octanol–water partition coefficient (Wildman–Crippen LogP) is 3.43. The Labute approximate surface area is 147 Å². The monoisotopic (exact) mass is 369 g/mol. The zero-order valence-corrected chi connectivity index (χ0v) is 14.0. The van der Waals surface area contributed by atoms with Gasteiger partial charge in [-0.1, -0.05) is 0 Å². The van der Waals surface area contributed by atoms with E-state index >= 15 is 0 Å². The van der Waals surface area contributed by atoms with Crippen LogP contribution in [0.25, 0.3) is 0 Å². The number of nitrogens with zero attached hydrogens (tertiary/aromatic N) is 4. The molecule has 0 aliphatic carbocycles. The molecule has 2 heterocycles. The Kier molecular flexibility index (Phi) is 4.75. The average molecular weight is 369 g/mol. The number of halogens is 3. The molecule has 10 heteroatoms. The number of aryl methyl sites for hydroxylation is 1. The van der Waals surface area contributed by atoms with Crippen molar-refractivity contribution in [2.45, 2.75) is 25.1 Å². The molecule has 7 nitrogen and oxygen atoms in total. The summed E-state index contributed by atoms with van der Waals surface area (Å²) in [6.45, 7) is 1.33. The minimum atomic E-state index is -4.67. The number of anilines is 2. The van der Waals surface area contributed by atoms with Gasteiger partial charge in [-0.05, 0) is 18.9 Å². The molecule has 1 fully saturated rings. The normalized spacial score (nSPS) is 18.0. The summed E-state index contributed by atoms with van der Waals surface area (Å²) in [5.74, 6) is 0. The Morgan fingerprint density at radius 1 is 1.38 bits per heavy atom. The molecule has 0 amide bonds. The van der Waals surface area contributed by atoms with E-state index in [1.165, 1.54) is 0 Å². The fourth-order valence-electron chi connectivity index (χ4n) is 3.13. The second kappa shape index (κ2) is 6.85. The molecule has 0 radical (unpaired) electrons. The van der Waals surface area contributed by atoms with Crippen molar-refractivity contribution < 1.29 is 18.1 Å². The van der Waals surface area contributed by atoms with Gasteiger partial charge in [-0.2, -0.15) is 18.3 Å². The number of hydrogen-bond donors (Lipinski definition) is 1. The maximum atomic E-state index is 13.3. The number of alkyl halides is 3. The van der Waals surface area contributed by atoms with Gasteiger partial charge in [-0.25, -0.2) is 0 Å². The van der Waals surface area contributed by atoms with Gasteiger partial charge in [0.05, 0.1) is 22.4 Å². The molecule has 1 unspecified atom stereocenters. The van der Waals surface area contributed by atoms with E-state index in [1.54, 1.807) is 17.9 Å². The van der Waals surface area contributed by atoms with Crippen LogP contribution in [-0.4, -0.2) is 33.8 Å². The number of nitrogens with one attached hydrogen (secondary N) is 1. The zero-order chi connectivity index (χ0) is 18.9. The van der Waals surface area contributed by atoms with Crippen LogP contribution in [0.15, 0.2) is 30.6 Å². The number of non-ortho nitro benzene ring substituents is 1. The quantitative estimate of drug-likeness (QED) is 0.660. The first kappa shape index (κ1) is 18.0. The molecule has 2 aromatic rings. The first-order valence-electron chi connectivity index (χ1n) is 8.10. The summed E-state index contributed by atoms with van der Waals surface area (Å²) < 4.78 is 41.6. The van der Waals surface area contributed by atoms with Gasteiger partial charge in [0.1, 0.15) is 0 Å². The Morgan fingerprint density at radius 3 is 2.77 bits per heavy atom. The maximum Gasteiger partial charge on any atom is 0.418 e. The Bertz CT molecular complexity index is 805. The van der Waals surface area contributed by atoms with E-state index in [0.29, 0.717) is 19.0 Å². The van der Waals surface area contributed by atoms with E-state index in [1.807, 2.05) is 6.20 Å². The molecule has 1 atom stereocenters. The van der Waals surface area contributed by atoms with Crippen LogP contribution in [0.3, 0.4) is 0 Å². The van der Waals surface area contributed by atoms with E-state index < -0.39 is 22.4 Å². The molecule has 1 saturated heterocycles. The Balaban J connectivity index is 1.80. The van der Waals surface area contributed by atoms with E-state index in [4.69, 9.17) is 0 Å². The van der Waals surface area contributed by atoms with Gasteiger partial charge < -0.3 is 10.2 Å². The van der Waals surface area contributed by atoms with Crippen LogP contribution in [-0.2, 0) is 13.2 Å². The lowest BCUT2D eigenvalue weighted by Gasteiger charge is -2.34. The number of hydrogen-bond acceptors (Lipinski definition) is 5. The van der Waals surface area contributed by atoms with Crippen molar-refractivity contribution in [3.05, 3.63) is 46.3 Å². The second-order valence-corrected chi connectivity index (χ2v) is 6.29.